The monoisotopic (exact) mass is 459 g/mol. The Morgan fingerprint density at radius 3 is 2.38 bits per heavy atom. The number of carbonyl (C=O) groups is 1. The second-order valence-electron chi connectivity index (χ2n) is 8.20. The van der Waals surface area contributed by atoms with Gasteiger partial charge in [-0.3, -0.25) is 9.52 Å². The molecule has 0 atom stereocenters. The molecule has 0 aliphatic carbocycles. The molecule has 1 aliphatic rings. The lowest BCUT2D eigenvalue weighted by molar-refractivity contribution is 0.0951. The van der Waals surface area contributed by atoms with Gasteiger partial charge in [0.15, 0.2) is 0 Å². The highest BCUT2D eigenvalue weighted by atomic mass is 32.2. The average molecular weight is 460 g/mol. The Morgan fingerprint density at radius 2 is 1.72 bits per heavy atom. The van der Waals surface area contributed by atoms with Gasteiger partial charge in [-0.05, 0) is 76.2 Å². The van der Waals surface area contributed by atoms with E-state index in [-0.39, 0.29) is 22.1 Å². The number of nitrogens with zero attached hydrogens (tertiary/aromatic N) is 1. The quantitative estimate of drug-likeness (QED) is 0.557. The van der Waals surface area contributed by atoms with Crippen LogP contribution in [0.3, 0.4) is 0 Å². The van der Waals surface area contributed by atoms with Gasteiger partial charge in [0.25, 0.3) is 15.9 Å². The minimum Gasteiger partial charge on any atom is -0.495 e. The number of hydrogen-bond donors (Lipinski definition) is 2. The first kappa shape index (κ1) is 24.1. The van der Waals surface area contributed by atoms with Crippen molar-refractivity contribution in [3.8, 4) is 5.75 Å². The summed E-state index contributed by atoms with van der Waals surface area (Å²) in [6.07, 6.45) is 5.95. The number of hydrogen-bond acceptors (Lipinski definition) is 5. The third kappa shape index (κ3) is 6.71. The molecule has 1 fully saturated rings. The van der Waals surface area contributed by atoms with E-state index in [0.717, 1.165) is 31.6 Å². The molecule has 3 rings (SSSR count). The van der Waals surface area contributed by atoms with Crippen molar-refractivity contribution in [3.05, 3.63) is 53.6 Å². The number of sulfonamides is 1. The molecule has 7 nitrogen and oxygen atoms in total. The predicted molar refractivity (Wildman–Crippen MR) is 127 cm³/mol. The summed E-state index contributed by atoms with van der Waals surface area (Å²) in [7, 11) is -2.52. The Hall–Kier alpha value is -2.58. The summed E-state index contributed by atoms with van der Waals surface area (Å²) in [5.74, 6) is -0.113. The fourth-order valence-electron chi connectivity index (χ4n) is 3.83. The fourth-order valence-corrected chi connectivity index (χ4v) is 5.08. The second-order valence-corrected chi connectivity index (χ2v) is 9.85. The van der Waals surface area contributed by atoms with E-state index in [0.29, 0.717) is 12.2 Å². The number of likely N-dealkylation sites (tertiary alicyclic amines) is 1. The molecule has 0 aromatic heterocycles. The molecule has 2 N–H and O–H groups in total. The second kappa shape index (κ2) is 11.3. The largest absolute Gasteiger partial charge is 0.495 e. The van der Waals surface area contributed by atoms with E-state index >= 15 is 0 Å². The van der Waals surface area contributed by atoms with Crippen molar-refractivity contribution < 1.29 is 17.9 Å². The molecule has 0 spiro atoms. The summed E-state index contributed by atoms with van der Waals surface area (Å²) in [6.45, 7) is 5.69. The maximum atomic E-state index is 13.0. The Labute approximate surface area is 191 Å². The molecule has 1 amide bonds. The molecule has 1 saturated heterocycles. The maximum absolute atomic E-state index is 13.0. The highest BCUT2D eigenvalue weighted by molar-refractivity contribution is 7.92. The van der Waals surface area contributed by atoms with Crippen LogP contribution in [-0.2, 0) is 10.0 Å². The minimum absolute atomic E-state index is 0.0715. The Bertz CT molecular complexity index is 998. The summed E-state index contributed by atoms with van der Waals surface area (Å²) in [4.78, 5) is 15.0. The number of methoxy groups -OCH3 is 1. The van der Waals surface area contributed by atoms with E-state index in [1.165, 1.54) is 44.9 Å². The smallest absolute Gasteiger partial charge is 0.265 e. The fraction of sp³-hybridized carbons (Fsp3) is 0.458. The number of nitrogens with one attached hydrogen (secondary N) is 2. The number of anilines is 1. The van der Waals surface area contributed by atoms with Crippen LogP contribution in [0.1, 0.15) is 48.0 Å². The van der Waals surface area contributed by atoms with Gasteiger partial charge < -0.3 is 15.0 Å². The number of aryl methyl sites for hydroxylation is 1. The third-order valence-corrected chi connectivity index (χ3v) is 7.06. The van der Waals surface area contributed by atoms with Gasteiger partial charge in [-0.1, -0.05) is 30.5 Å². The first-order valence-electron chi connectivity index (χ1n) is 11.2. The SMILES string of the molecule is COc1ccc(C(=O)NCCCN2CCCCCC2)cc1S(=O)(=O)Nc1ccc(C)cc1. The van der Waals surface area contributed by atoms with Crippen LogP contribution in [-0.4, -0.2) is 52.5 Å². The zero-order chi connectivity index (χ0) is 23.0. The van der Waals surface area contributed by atoms with Gasteiger partial charge in [-0.25, -0.2) is 8.42 Å². The summed E-state index contributed by atoms with van der Waals surface area (Å²) >= 11 is 0. The number of carbonyl (C=O) groups excluding carboxylic acids is 1. The molecule has 0 unspecified atom stereocenters. The number of rotatable bonds is 9. The Kier molecular flexibility index (Phi) is 8.53. The highest BCUT2D eigenvalue weighted by Gasteiger charge is 2.22. The molecule has 1 heterocycles. The highest BCUT2D eigenvalue weighted by Crippen LogP contribution is 2.27. The molecule has 0 bridgehead atoms. The van der Waals surface area contributed by atoms with Crippen molar-refractivity contribution in [2.45, 2.75) is 43.9 Å². The minimum atomic E-state index is -3.93. The number of benzene rings is 2. The van der Waals surface area contributed by atoms with Crippen LogP contribution in [0.25, 0.3) is 0 Å². The molecular formula is C24H33N3O4S. The van der Waals surface area contributed by atoms with Crippen LogP contribution >= 0.6 is 0 Å². The topological polar surface area (TPSA) is 87.7 Å². The van der Waals surface area contributed by atoms with Crippen LogP contribution in [0.4, 0.5) is 5.69 Å². The average Bonchev–Trinajstić information content (AvgIpc) is 3.06. The van der Waals surface area contributed by atoms with Crippen molar-refractivity contribution in [3.63, 3.8) is 0 Å². The van der Waals surface area contributed by atoms with E-state index in [4.69, 9.17) is 4.74 Å². The van der Waals surface area contributed by atoms with E-state index < -0.39 is 10.0 Å². The van der Waals surface area contributed by atoms with E-state index in [2.05, 4.69) is 14.9 Å². The molecule has 1 aliphatic heterocycles. The van der Waals surface area contributed by atoms with E-state index in [1.54, 1.807) is 18.2 Å². The van der Waals surface area contributed by atoms with Gasteiger partial charge in [-0.15, -0.1) is 0 Å². The lowest BCUT2D eigenvalue weighted by Gasteiger charge is -2.19. The standard InChI is InChI=1S/C24H33N3O4S/c1-19-8-11-21(12-9-19)26-32(29,30)23-18-20(10-13-22(23)31-2)24(28)25-14-7-17-27-15-5-3-4-6-16-27/h8-13,18,26H,3-7,14-17H2,1-2H3,(H,25,28). The molecule has 2 aromatic carbocycles. The van der Waals surface area contributed by atoms with Crippen molar-refractivity contribution in [2.75, 3.05) is 38.0 Å². The molecule has 0 radical (unpaired) electrons. The van der Waals surface area contributed by atoms with Gasteiger partial charge in [0, 0.05) is 17.8 Å². The van der Waals surface area contributed by atoms with Crippen molar-refractivity contribution in [2.24, 2.45) is 0 Å². The molecule has 174 valence electrons. The molecule has 0 saturated carbocycles. The molecule has 2 aromatic rings. The van der Waals surface area contributed by atoms with E-state index in [1.807, 2.05) is 19.1 Å². The lowest BCUT2D eigenvalue weighted by Crippen LogP contribution is -2.30. The molecular weight excluding hydrogens is 426 g/mol. The first-order chi connectivity index (χ1) is 15.4. The Morgan fingerprint density at radius 1 is 1.03 bits per heavy atom. The van der Waals surface area contributed by atoms with Crippen molar-refractivity contribution >= 4 is 21.6 Å². The molecule has 32 heavy (non-hydrogen) atoms. The van der Waals surface area contributed by atoms with Crippen LogP contribution in [0.15, 0.2) is 47.4 Å². The van der Waals surface area contributed by atoms with Gasteiger partial charge >= 0.3 is 0 Å². The zero-order valence-corrected chi connectivity index (χ0v) is 19.7. The van der Waals surface area contributed by atoms with Crippen LogP contribution in [0.5, 0.6) is 5.75 Å². The summed E-state index contributed by atoms with van der Waals surface area (Å²) < 4.78 is 33.7. The summed E-state index contributed by atoms with van der Waals surface area (Å²) in [6, 6.07) is 11.5. The zero-order valence-electron chi connectivity index (χ0n) is 18.9. The number of ether oxygens (including phenoxy) is 1. The van der Waals surface area contributed by atoms with E-state index in [9.17, 15) is 13.2 Å². The van der Waals surface area contributed by atoms with Crippen molar-refractivity contribution in [1.82, 2.24) is 10.2 Å². The molecule has 8 heteroatoms. The predicted octanol–water partition coefficient (Wildman–Crippen LogP) is 3.80. The summed E-state index contributed by atoms with van der Waals surface area (Å²) in [5, 5.41) is 2.90. The van der Waals surface area contributed by atoms with Crippen LogP contribution in [0.2, 0.25) is 0 Å². The van der Waals surface area contributed by atoms with Crippen LogP contribution in [0, 0.1) is 6.92 Å². The first-order valence-corrected chi connectivity index (χ1v) is 12.7. The van der Waals surface area contributed by atoms with Gasteiger partial charge in [0.2, 0.25) is 0 Å². The van der Waals surface area contributed by atoms with Crippen molar-refractivity contribution in [1.29, 1.82) is 0 Å². The van der Waals surface area contributed by atoms with Gasteiger partial charge in [0.05, 0.1) is 7.11 Å². The summed E-state index contributed by atoms with van der Waals surface area (Å²) in [5.41, 5.74) is 1.76. The number of amides is 1. The maximum Gasteiger partial charge on any atom is 0.265 e. The van der Waals surface area contributed by atoms with Gasteiger partial charge in [0.1, 0.15) is 10.6 Å². The van der Waals surface area contributed by atoms with Gasteiger partial charge in [-0.2, -0.15) is 0 Å². The Balaban J connectivity index is 1.64. The van der Waals surface area contributed by atoms with Crippen LogP contribution < -0.4 is 14.8 Å². The lowest BCUT2D eigenvalue weighted by atomic mass is 10.2. The normalized spacial score (nSPS) is 15.1. The third-order valence-electron chi connectivity index (χ3n) is 5.65.